The smallest absolute Gasteiger partial charge is 0.351 e. The van der Waals surface area contributed by atoms with Crippen molar-refractivity contribution in [3.8, 4) is 0 Å². The molecule has 3 aliphatic rings. The standard InChI is InChI=1S/C26H22ClF3N6O2S/c27-18-3-2-16(19(11-18)26(28,29)30)13-36-20-4-1-15(9-17(20)12-33-36)10-21-22(37)34-24(39-21)35-7-5-25(6-8-35)23(38)31-14-32-25/h1-4,9-12,32H,5-8,13-14H2,(H,31,38). The number of hydrogen-bond donors (Lipinski definition) is 2. The summed E-state index contributed by atoms with van der Waals surface area (Å²) in [7, 11) is 0. The molecule has 0 atom stereocenters. The Balaban J connectivity index is 1.17. The molecule has 2 amide bonds. The summed E-state index contributed by atoms with van der Waals surface area (Å²) in [5.74, 6) is -0.308. The van der Waals surface area contributed by atoms with Crippen LogP contribution in [0, 0.1) is 0 Å². The summed E-state index contributed by atoms with van der Waals surface area (Å²) in [6, 6.07) is 9.11. The van der Waals surface area contributed by atoms with Gasteiger partial charge in [0.15, 0.2) is 5.17 Å². The number of benzene rings is 2. The van der Waals surface area contributed by atoms with Crippen LogP contribution in [0.25, 0.3) is 17.0 Å². The number of nitrogens with zero attached hydrogens (tertiary/aromatic N) is 4. The SMILES string of the molecule is O=C1N=C(N2CCC3(CC2)NCNC3=O)SC1=Cc1ccc2c(cnn2Cc2ccc(Cl)cc2C(F)(F)F)c1. The van der Waals surface area contributed by atoms with Crippen molar-refractivity contribution in [2.45, 2.75) is 31.1 Å². The number of rotatable bonds is 3. The second kappa shape index (κ2) is 9.68. The first-order valence-electron chi connectivity index (χ1n) is 12.2. The third kappa shape index (κ3) is 4.92. The summed E-state index contributed by atoms with van der Waals surface area (Å²) >= 11 is 7.10. The number of amidine groups is 1. The monoisotopic (exact) mass is 574 g/mol. The van der Waals surface area contributed by atoms with Gasteiger partial charge in [-0.3, -0.25) is 19.6 Å². The zero-order chi connectivity index (χ0) is 27.4. The average Bonchev–Trinajstić information content (AvgIpc) is 3.58. The van der Waals surface area contributed by atoms with Crippen LogP contribution in [0.2, 0.25) is 5.02 Å². The molecule has 0 unspecified atom stereocenters. The maximum atomic E-state index is 13.5. The second-order valence-electron chi connectivity index (χ2n) is 9.66. The van der Waals surface area contributed by atoms with E-state index in [1.807, 2.05) is 11.0 Å². The molecule has 0 aliphatic carbocycles. The largest absolute Gasteiger partial charge is 0.416 e. The van der Waals surface area contributed by atoms with Crippen LogP contribution in [0.3, 0.4) is 0 Å². The minimum atomic E-state index is -4.54. The van der Waals surface area contributed by atoms with E-state index in [0.717, 1.165) is 17.0 Å². The first-order chi connectivity index (χ1) is 18.6. The Morgan fingerprint density at radius 1 is 1.13 bits per heavy atom. The zero-order valence-corrected chi connectivity index (χ0v) is 22.0. The lowest BCUT2D eigenvalue weighted by molar-refractivity contribution is -0.138. The van der Waals surface area contributed by atoms with Crippen LogP contribution in [0.15, 0.2) is 52.5 Å². The van der Waals surface area contributed by atoms with Gasteiger partial charge in [0.1, 0.15) is 5.54 Å². The van der Waals surface area contributed by atoms with Crippen molar-refractivity contribution in [3.63, 3.8) is 0 Å². The van der Waals surface area contributed by atoms with E-state index in [0.29, 0.717) is 48.2 Å². The van der Waals surface area contributed by atoms with Crippen molar-refractivity contribution >= 4 is 57.3 Å². The number of carbonyl (C=O) groups is 2. The van der Waals surface area contributed by atoms with Gasteiger partial charge >= 0.3 is 6.18 Å². The molecule has 0 radical (unpaired) electrons. The highest BCUT2D eigenvalue weighted by molar-refractivity contribution is 8.18. The molecule has 0 bridgehead atoms. The normalized spacial score (nSPS) is 20.4. The number of halogens is 4. The number of fused-ring (bicyclic) bond motifs is 1. The van der Waals surface area contributed by atoms with Gasteiger partial charge in [-0.05, 0) is 66.1 Å². The van der Waals surface area contributed by atoms with Gasteiger partial charge < -0.3 is 10.2 Å². The minimum Gasteiger partial charge on any atom is -0.351 e. The van der Waals surface area contributed by atoms with E-state index in [1.54, 1.807) is 24.4 Å². The molecule has 3 aromatic rings. The molecular formula is C26H22ClF3N6O2S. The number of nitrogens with one attached hydrogen (secondary N) is 2. The predicted octanol–water partition coefficient (Wildman–Crippen LogP) is 4.24. The fraction of sp³-hybridized carbons (Fsp3) is 0.308. The summed E-state index contributed by atoms with van der Waals surface area (Å²) in [4.78, 5) is 31.6. The summed E-state index contributed by atoms with van der Waals surface area (Å²) in [5.41, 5.74) is 0.147. The van der Waals surface area contributed by atoms with Crippen molar-refractivity contribution in [2.24, 2.45) is 4.99 Å². The predicted molar refractivity (Wildman–Crippen MR) is 143 cm³/mol. The van der Waals surface area contributed by atoms with Crippen LogP contribution >= 0.6 is 23.4 Å². The number of hydrogen-bond acceptors (Lipinski definition) is 6. The van der Waals surface area contributed by atoms with Crippen LogP contribution in [0.1, 0.15) is 29.5 Å². The first-order valence-corrected chi connectivity index (χ1v) is 13.4. The summed E-state index contributed by atoms with van der Waals surface area (Å²) in [6.07, 6.45) is 0.0632. The van der Waals surface area contributed by atoms with E-state index in [9.17, 15) is 22.8 Å². The highest BCUT2D eigenvalue weighted by Crippen LogP contribution is 2.36. The average molecular weight is 575 g/mol. The van der Waals surface area contributed by atoms with Crippen molar-refractivity contribution in [2.75, 3.05) is 19.8 Å². The molecular weight excluding hydrogens is 553 g/mol. The van der Waals surface area contributed by atoms with Gasteiger partial charge in [0.25, 0.3) is 5.91 Å². The molecule has 0 saturated carbocycles. The van der Waals surface area contributed by atoms with Crippen molar-refractivity contribution in [1.29, 1.82) is 0 Å². The third-order valence-corrected chi connectivity index (χ3v) is 8.55. The van der Waals surface area contributed by atoms with Gasteiger partial charge in [-0.15, -0.1) is 0 Å². The lowest BCUT2D eigenvalue weighted by Crippen LogP contribution is -2.55. The fourth-order valence-corrected chi connectivity index (χ4v) is 6.28. The summed E-state index contributed by atoms with van der Waals surface area (Å²) in [5, 5.41) is 11.7. The van der Waals surface area contributed by atoms with Crippen molar-refractivity contribution < 1.29 is 22.8 Å². The number of alkyl halides is 3. The molecule has 202 valence electrons. The molecule has 13 heteroatoms. The summed E-state index contributed by atoms with van der Waals surface area (Å²) in [6.45, 7) is 1.62. The Kier molecular flexibility index (Phi) is 6.43. The Morgan fingerprint density at radius 3 is 2.64 bits per heavy atom. The molecule has 4 heterocycles. The molecule has 2 saturated heterocycles. The molecule has 1 aromatic heterocycles. The van der Waals surface area contributed by atoms with Crippen LogP contribution < -0.4 is 10.6 Å². The number of aliphatic imine (C=N–C) groups is 1. The maximum absolute atomic E-state index is 13.5. The zero-order valence-electron chi connectivity index (χ0n) is 20.4. The van der Waals surface area contributed by atoms with Crippen molar-refractivity contribution in [1.82, 2.24) is 25.3 Å². The number of likely N-dealkylation sites (tertiary alicyclic amines) is 1. The summed E-state index contributed by atoms with van der Waals surface area (Å²) < 4.78 is 42.1. The minimum absolute atomic E-state index is 0.0166. The van der Waals surface area contributed by atoms with E-state index in [1.165, 1.54) is 28.6 Å². The van der Waals surface area contributed by atoms with Crippen LogP contribution in [0.5, 0.6) is 0 Å². The number of thioether (sulfide) groups is 1. The van der Waals surface area contributed by atoms with Crippen molar-refractivity contribution in [3.05, 3.63) is 69.2 Å². The lowest BCUT2D eigenvalue weighted by Gasteiger charge is -2.37. The van der Waals surface area contributed by atoms with E-state index in [-0.39, 0.29) is 28.9 Å². The van der Waals surface area contributed by atoms with Gasteiger partial charge in [0.05, 0.1) is 35.4 Å². The molecule has 39 heavy (non-hydrogen) atoms. The Hall–Kier alpha value is -3.35. The number of piperidine rings is 1. The van der Waals surface area contributed by atoms with E-state index >= 15 is 0 Å². The topological polar surface area (TPSA) is 91.6 Å². The molecule has 1 spiro atoms. The molecule has 6 rings (SSSR count). The number of carbonyl (C=O) groups excluding carboxylic acids is 2. The Bertz CT molecular complexity index is 1560. The van der Waals surface area contributed by atoms with E-state index in [2.05, 4.69) is 20.7 Å². The Morgan fingerprint density at radius 2 is 1.92 bits per heavy atom. The van der Waals surface area contributed by atoms with Gasteiger partial charge in [-0.1, -0.05) is 23.7 Å². The molecule has 3 aliphatic heterocycles. The van der Waals surface area contributed by atoms with E-state index < -0.39 is 17.3 Å². The quantitative estimate of drug-likeness (QED) is 0.455. The molecule has 8 nitrogen and oxygen atoms in total. The fourth-order valence-electron chi connectivity index (χ4n) is 5.14. The number of amides is 2. The third-order valence-electron chi connectivity index (χ3n) is 7.27. The van der Waals surface area contributed by atoms with E-state index in [4.69, 9.17) is 11.6 Å². The van der Waals surface area contributed by atoms with Crippen LogP contribution in [-0.2, 0) is 22.3 Å². The lowest BCUT2D eigenvalue weighted by atomic mass is 9.88. The van der Waals surface area contributed by atoms with Crippen LogP contribution in [-0.4, -0.2) is 57.0 Å². The van der Waals surface area contributed by atoms with Gasteiger partial charge in [-0.25, -0.2) is 0 Å². The highest BCUT2D eigenvalue weighted by Gasteiger charge is 2.45. The Labute approximate surface area is 230 Å². The first kappa shape index (κ1) is 25.9. The molecule has 2 fully saturated rings. The van der Waals surface area contributed by atoms with Gasteiger partial charge in [-0.2, -0.15) is 23.3 Å². The molecule has 2 N–H and O–H groups in total. The molecule has 2 aromatic carbocycles. The number of aromatic nitrogens is 2. The van der Waals surface area contributed by atoms with Gasteiger partial charge in [0, 0.05) is 23.5 Å². The highest BCUT2D eigenvalue weighted by atomic mass is 35.5. The van der Waals surface area contributed by atoms with Crippen LogP contribution in [0.4, 0.5) is 13.2 Å². The van der Waals surface area contributed by atoms with Gasteiger partial charge in [0.2, 0.25) is 5.91 Å². The second-order valence-corrected chi connectivity index (χ2v) is 11.1. The maximum Gasteiger partial charge on any atom is 0.416 e.